The number of fused-ring (bicyclic) bond motifs is 1. The molecule has 0 fully saturated rings. The van der Waals surface area contributed by atoms with Crippen molar-refractivity contribution < 1.29 is 0 Å². The van der Waals surface area contributed by atoms with E-state index < -0.39 is 0 Å². The van der Waals surface area contributed by atoms with Gasteiger partial charge in [0.25, 0.3) is 0 Å². The minimum atomic E-state index is 0.552. The highest BCUT2D eigenvalue weighted by Gasteiger charge is 2.18. The summed E-state index contributed by atoms with van der Waals surface area (Å²) in [5.41, 5.74) is 8.29. The third-order valence-electron chi connectivity index (χ3n) is 3.10. The van der Waals surface area contributed by atoms with Crippen LogP contribution >= 0.6 is 0 Å². The van der Waals surface area contributed by atoms with Crippen LogP contribution in [0.5, 0.6) is 0 Å². The first-order chi connectivity index (χ1) is 7.58. The van der Waals surface area contributed by atoms with Gasteiger partial charge in [0.15, 0.2) is 0 Å². The quantitative estimate of drug-likeness (QED) is 0.820. The predicted molar refractivity (Wildman–Crippen MR) is 65.6 cm³/mol. The molecule has 1 aliphatic heterocycles. The monoisotopic (exact) mass is 220 g/mol. The van der Waals surface area contributed by atoms with Crippen molar-refractivity contribution in [1.29, 1.82) is 0 Å². The van der Waals surface area contributed by atoms with Gasteiger partial charge in [-0.2, -0.15) is 5.10 Å². The third-order valence-corrected chi connectivity index (χ3v) is 3.10. The third kappa shape index (κ3) is 2.11. The second-order valence-electron chi connectivity index (χ2n) is 4.69. The number of nitrogens with zero attached hydrogens (tertiary/aromatic N) is 3. The van der Waals surface area contributed by atoms with Gasteiger partial charge in [0, 0.05) is 25.7 Å². The molecule has 4 heteroatoms. The lowest BCUT2D eigenvalue weighted by Crippen LogP contribution is -2.30. The lowest BCUT2D eigenvalue weighted by Gasteiger charge is -2.23. The lowest BCUT2D eigenvalue weighted by atomic mass is 10.2. The van der Waals surface area contributed by atoms with E-state index in [2.05, 4.69) is 41.2 Å². The molecule has 1 aromatic heterocycles. The normalized spacial score (nSPS) is 17.2. The van der Waals surface area contributed by atoms with Crippen molar-refractivity contribution >= 4 is 5.70 Å². The van der Waals surface area contributed by atoms with E-state index in [0.29, 0.717) is 11.7 Å². The molecule has 4 nitrogen and oxygen atoms in total. The van der Waals surface area contributed by atoms with Crippen molar-refractivity contribution in [3.8, 4) is 0 Å². The van der Waals surface area contributed by atoms with E-state index in [9.17, 15) is 0 Å². The fourth-order valence-electron chi connectivity index (χ4n) is 2.08. The molecule has 1 aliphatic rings. The summed E-state index contributed by atoms with van der Waals surface area (Å²) < 4.78 is 2.07. The van der Waals surface area contributed by atoms with Crippen LogP contribution in [0.3, 0.4) is 0 Å². The zero-order chi connectivity index (χ0) is 11.7. The van der Waals surface area contributed by atoms with E-state index in [1.54, 1.807) is 0 Å². The summed E-state index contributed by atoms with van der Waals surface area (Å²) in [7, 11) is 0. The van der Waals surface area contributed by atoms with E-state index in [-0.39, 0.29) is 0 Å². The summed E-state index contributed by atoms with van der Waals surface area (Å²) in [6, 6.07) is 2.63. The maximum atomic E-state index is 5.68. The number of hydrogen-bond donors (Lipinski definition) is 1. The summed E-state index contributed by atoms with van der Waals surface area (Å²) >= 11 is 0. The van der Waals surface area contributed by atoms with Crippen LogP contribution in [0.2, 0.25) is 0 Å². The van der Waals surface area contributed by atoms with Gasteiger partial charge in [0.05, 0.1) is 11.4 Å². The van der Waals surface area contributed by atoms with Gasteiger partial charge in [0.1, 0.15) is 5.69 Å². The Kier molecular flexibility index (Phi) is 3.01. The molecule has 0 saturated heterocycles. The second kappa shape index (κ2) is 4.29. The van der Waals surface area contributed by atoms with Crippen molar-refractivity contribution in [2.45, 2.75) is 39.4 Å². The largest absolute Gasteiger partial charge is 0.397 e. The van der Waals surface area contributed by atoms with Crippen molar-refractivity contribution in [2.75, 3.05) is 6.54 Å². The van der Waals surface area contributed by atoms with E-state index in [1.807, 2.05) is 0 Å². The molecule has 16 heavy (non-hydrogen) atoms. The fraction of sp³-hybridized carbons (Fsp3) is 0.583. The molecule has 0 radical (unpaired) electrons. The number of nitrogens with two attached hydrogens (primary N) is 1. The molecule has 0 saturated carbocycles. The standard InChI is InChI=1S/C12H20N4/c1-9(2)15-5-4-6-16-11(8-15)7-12(14-16)10(3)13/h7,9H,3-6,8,13H2,1-2H3. The Morgan fingerprint density at radius 2 is 2.25 bits per heavy atom. The number of aromatic nitrogens is 2. The molecule has 0 aromatic carbocycles. The van der Waals surface area contributed by atoms with Crippen LogP contribution in [0, 0.1) is 0 Å². The molecule has 0 amide bonds. The van der Waals surface area contributed by atoms with E-state index >= 15 is 0 Å². The van der Waals surface area contributed by atoms with Crippen LogP contribution in [0.1, 0.15) is 31.7 Å². The predicted octanol–water partition coefficient (Wildman–Crippen LogP) is 1.43. The Balaban J connectivity index is 2.25. The maximum Gasteiger partial charge on any atom is 0.108 e. The molecule has 0 spiro atoms. The molecule has 2 rings (SSSR count). The number of rotatable bonds is 2. The molecule has 0 aliphatic carbocycles. The van der Waals surface area contributed by atoms with Gasteiger partial charge >= 0.3 is 0 Å². The van der Waals surface area contributed by atoms with E-state index in [0.717, 1.165) is 31.7 Å². The molecule has 88 valence electrons. The zero-order valence-electron chi connectivity index (χ0n) is 10.1. The summed E-state index contributed by atoms with van der Waals surface area (Å²) in [6.07, 6.45) is 1.14. The highest BCUT2D eigenvalue weighted by Crippen LogP contribution is 2.17. The molecule has 0 atom stereocenters. The molecule has 2 heterocycles. The van der Waals surface area contributed by atoms with Crippen molar-refractivity contribution in [2.24, 2.45) is 5.73 Å². The number of aryl methyl sites for hydroxylation is 1. The smallest absolute Gasteiger partial charge is 0.108 e. The van der Waals surface area contributed by atoms with Gasteiger partial charge < -0.3 is 5.73 Å². The average molecular weight is 220 g/mol. The Morgan fingerprint density at radius 3 is 2.88 bits per heavy atom. The lowest BCUT2D eigenvalue weighted by molar-refractivity contribution is 0.216. The summed E-state index contributed by atoms with van der Waals surface area (Å²) in [5.74, 6) is 0. The Bertz CT molecular complexity index is 392. The molecular weight excluding hydrogens is 200 g/mol. The zero-order valence-corrected chi connectivity index (χ0v) is 10.1. The van der Waals surface area contributed by atoms with Gasteiger partial charge in [-0.15, -0.1) is 0 Å². The number of hydrogen-bond acceptors (Lipinski definition) is 3. The second-order valence-corrected chi connectivity index (χ2v) is 4.69. The molecule has 0 bridgehead atoms. The van der Waals surface area contributed by atoms with E-state index in [4.69, 9.17) is 5.73 Å². The summed E-state index contributed by atoms with van der Waals surface area (Å²) in [6.45, 7) is 11.3. The van der Waals surface area contributed by atoms with Gasteiger partial charge in [-0.25, -0.2) is 0 Å². The Hall–Kier alpha value is -1.29. The van der Waals surface area contributed by atoms with Crippen molar-refractivity contribution in [1.82, 2.24) is 14.7 Å². The Morgan fingerprint density at radius 1 is 1.50 bits per heavy atom. The summed E-state index contributed by atoms with van der Waals surface area (Å²) in [5, 5.41) is 4.47. The van der Waals surface area contributed by atoms with Gasteiger partial charge in [-0.3, -0.25) is 9.58 Å². The van der Waals surface area contributed by atoms with Crippen LogP contribution in [-0.2, 0) is 13.1 Å². The topological polar surface area (TPSA) is 47.1 Å². The van der Waals surface area contributed by atoms with Gasteiger partial charge in [0.2, 0.25) is 0 Å². The highest BCUT2D eigenvalue weighted by molar-refractivity contribution is 5.56. The first kappa shape index (κ1) is 11.2. The minimum Gasteiger partial charge on any atom is -0.397 e. The fourth-order valence-corrected chi connectivity index (χ4v) is 2.08. The van der Waals surface area contributed by atoms with E-state index in [1.165, 1.54) is 5.69 Å². The van der Waals surface area contributed by atoms with Gasteiger partial charge in [-0.05, 0) is 26.3 Å². The molecular formula is C12H20N4. The first-order valence-electron chi connectivity index (χ1n) is 5.83. The van der Waals surface area contributed by atoms with Crippen LogP contribution in [0.4, 0.5) is 0 Å². The van der Waals surface area contributed by atoms with Crippen LogP contribution in [0.25, 0.3) is 5.70 Å². The van der Waals surface area contributed by atoms with Crippen LogP contribution < -0.4 is 5.73 Å². The minimum absolute atomic E-state index is 0.552. The highest BCUT2D eigenvalue weighted by atomic mass is 15.3. The molecule has 0 unspecified atom stereocenters. The first-order valence-corrected chi connectivity index (χ1v) is 5.83. The average Bonchev–Trinajstić information content (AvgIpc) is 2.50. The van der Waals surface area contributed by atoms with Gasteiger partial charge in [-0.1, -0.05) is 6.58 Å². The van der Waals surface area contributed by atoms with Crippen molar-refractivity contribution in [3.63, 3.8) is 0 Å². The molecule has 2 N–H and O–H groups in total. The Labute approximate surface area is 96.7 Å². The molecule has 1 aromatic rings. The van der Waals surface area contributed by atoms with Crippen LogP contribution in [-0.4, -0.2) is 27.3 Å². The maximum absolute atomic E-state index is 5.68. The van der Waals surface area contributed by atoms with Crippen LogP contribution in [0.15, 0.2) is 12.6 Å². The van der Waals surface area contributed by atoms with Crippen molar-refractivity contribution in [3.05, 3.63) is 24.0 Å². The SMILES string of the molecule is C=C(N)c1cc2n(n1)CCCN(C(C)C)C2. The summed E-state index contributed by atoms with van der Waals surface area (Å²) in [4.78, 5) is 2.46.